The fourth-order valence-electron chi connectivity index (χ4n) is 3.45. The van der Waals surface area contributed by atoms with Crippen LogP contribution in [0.3, 0.4) is 0 Å². The van der Waals surface area contributed by atoms with Crippen LogP contribution in [0, 0.1) is 6.92 Å². The lowest BCUT2D eigenvalue weighted by Gasteiger charge is -2.34. The van der Waals surface area contributed by atoms with E-state index in [0.29, 0.717) is 5.69 Å². The van der Waals surface area contributed by atoms with Crippen LogP contribution in [0.1, 0.15) is 21.6 Å². The van der Waals surface area contributed by atoms with E-state index in [1.165, 1.54) is 11.1 Å². The fourth-order valence-corrected chi connectivity index (χ4v) is 3.86. The predicted octanol–water partition coefficient (Wildman–Crippen LogP) is 4.11. The molecule has 0 saturated carbocycles. The maximum absolute atomic E-state index is 12.8. The highest BCUT2D eigenvalue weighted by Crippen LogP contribution is 2.21. The number of aryl methyl sites for hydroxylation is 1. The van der Waals surface area contributed by atoms with Gasteiger partial charge in [-0.1, -0.05) is 64.0 Å². The summed E-state index contributed by atoms with van der Waals surface area (Å²) in [4.78, 5) is 17.1. The van der Waals surface area contributed by atoms with E-state index in [9.17, 15) is 4.79 Å². The number of nitrogens with zero attached hydrogens (tertiary/aromatic N) is 3. The number of aromatic nitrogens is 2. The van der Waals surface area contributed by atoms with Gasteiger partial charge in [0.05, 0.1) is 5.69 Å². The highest BCUT2D eigenvalue weighted by atomic mass is 79.9. The number of rotatable bonds is 4. The fraction of sp³-hybridized carbons (Fsp3) is 0.273. The summed E-state index contributed by atoms with van der Waals surface area (Å²) in [5.41, 5.74) is 4.85. The minimum absolute atomic E-state index is 0.0198. The molecule has 1 aliphatic heterocycles. The van der Waals surface area contributed by atoms with Crippen LogP contribution in [-0.2, 0) is 6.54 Å². The van der Waals surface area contributed by atoms with Gasteiger partial charge in [-0.25, -0.2) is 0 Å². The first-order valence-corrected chi connectivity index (χ1v) is 10.3. The maximum atomic E-state index is 12.8. The van der Waals surface area contributed by atoms with Crippen molar-refractivity contribution < 1.29 is 4.79 Å². The second kappa shape index (κ2) is 8.29. The zero-order chi connectivity index (χ0) is 19.5. The topological polar surface area (TPSA) is 52.2 Å². The van der Waals surface area contributed by atoms with E-state index in [1.54, 1.807) is 0 Å². The Morgan fingerprint density at radius 3 is 2.50 bits per heavy atom. The number of aromatic amines is 1. The van der Waals surface area contributed by atoms with Crippen LogP contribution < -0.4 is 0 Å². The van der Waals surface area contributed by atoms with Crippen LogP contribution in [0.25, 0.3) is 11.3 Å². The Balaban J connectivity index is 1.36. The number of halogens is 1. The molecule has 6 heteroatoms. The molecule has 1 amide bonds. The minimum atomic E-state index is 0.0198. The second-order valence-corrected chi connectivity index (χ2v) is 8.05. The van der Waals surface area contributed by atoms with Crippen molar-refractivity contribution in [2.24, 2.45) is 0 Å². The number of H-pyrrole nitrogens is 1. The standard InChI is InChI=1S/C22H23BrN4O/c1-16-6-8-17(9-7-16)20-14-21(25-24-20)22(28)27-12-10-26(11-13-27)15-18-4-2-3-5-19(18)23/h2-9,14H,10-13,15H2,1H3,(H,24,25). The van der Waals surface area contributed by atoms with Gasteiger partial charge in [-0.15, -0.1) is 0 Å². The highest BCUT2D eigenvalue weighted by Gasteiger charge is 2.24. The number of piperazine rings is 1. The van der Waals surface area contributed by atoms with Gasteiger partial charge in [-0.2, -0.15) is 5.10 Å². The smallest absolute Gasteiger partial charge is 0.271 e. The molecule has 1 fully saturated rings. The maximum Gasteiger partial charge on any atom is 0.271 e. The van der Waals surface area contributed by atoms with E-state index in [0.717, 1.165) is 48.5 Å². The quantitative estimate of drug-likeness (QED) is 0.666. The largest absolute Gasteiger partial charge is 0.335 e. The molecule has 0 spiro atoms. The summed E-state index contributed by atoms with van der Waals surface area (Å²) in [5, 5.41) is 7.24. The molecule has 2 heterocycles. The highest BCUT2D eigenvalue weighted by molar-refractivity contribution is 9.10. The van der Waals surface area contributed by atoms with Crippen molar-refractivity contribution in [1.29, 1.82) is 0 Å². The number of nitrogens with one attached hydrogen (secondary N) is 1. The first-order valence-electron chi connectivity index (χ1n) is 9.47. The number of amides is 1. The molecule has 0 aliphatic carbocycles. The number of hydrogen-bond acceptors (Lipinski definition) is 3. The normalized spacial score (nSPS) is 15.0. The summed E-state index contributed by atoms with van der Waals surface area (Å²) in [6, 6.07) is 18.3. The van der Waals surface area contributed by atoms with Gasteiger partial charge >= 0.3 is 0 Å². The zero-order valence-electron chi connectivity index (χ0n) is 15.9. The molecular weight excluding hydrogens is 416 g/mol. The lowest BCUT2D eigenvalue weighted by Crippen LogP contribution is -2.48. The molecular formula is C22H23BrN4O. The van der Waals surface area contributed by atoms with Crippen molar-refractivity contribution in [1.82, 2.24) is 20.0 Å². The molecule has 144 valence electrons. The Kier molecular flexibility index (Phi) is 5.59. The molecule has 0 atom stereocenters. The van der Waals surface area contributed by atoms with Crippen LogP contribution in [0.4, 0.5) is 0 Å². The first-order chi connectivity index (χ1) is 13.6. The van der Waals surface area contributed by atoms with E-state index < -0.39 is 0 Å². The van der Waals surface area contributed by atoms with Gasteiger partial charge in [-0.3, -0.25) is 14.8 Å². The Morgan fingerprint density at radius 1 is 1.07 bits per heavy atom. The van der Waals surface area contributed by atoms with Crippen LogP contribution >= 0.6 is 15.9 Å². The van der Waals surface area contributed by atoms with E-state index >= 15 is 0 Å². The van der Waals surface area contributed by atoms with Crippen LogP contribution in [0.2, 0.25) is 0 Å². The summed E-state index contributed by atoms with van der Waals surface area (Å²) in [6.07, 6.45) is 0. The van der Waals surface area contributed by atoms with Crippen LogP contribution in [0.15, 0.2) is 59.1 Å². The molecule has 1 aromatic heterocycles. The van der Waals surface area contributed by atoms with E-state index in [4.69, 9.17) is 0 Å². The van der Waals surface area contributed by atoms with Crippen molar-refractivity contribution in [3.8, 4) is 11.3 Å². The van der Waals surface area contributed by atoms with Crippen molar-refractivity contribution in [2.75, 3.05) is 26.2 Å². The summed E-state index contributed by atoms with van der Waals surface area (Å²) in [5.74, 6) is 0.0198. The SMILES string of the molecule is Cc1ccc(-c2cc(C(=O)N3CCN(Cc4ccccc4Br)CC3)[nH]n2)cc1. The number of hydrogen-bond donors (Lipinski definition) is 1. The average molecular weight is 439 g/mol. The molecule has 0 radical (unpaired) electrons. The second-order valence-electron chi connectivity index (χ2n) is 7.19. The van der Waals surface area contributed by atoms with E-state index in [1.807, 2.05) is 29.2 Å². The van der Waals surface area contributed by atoms with Crippen molar-refractivity contribution in [3.05, 3.63) is 75.9 Å². The van der Waals surface area contributed by atoms with Gasteiger partial charge in [0.2, 0.25) is 0 Å². The van der Waals surface area contributed by atoms with Crippen molar-refractivity contribution >= 4 is 21.8 Å². The number of benzene rings is 2. The Bertz CT molecular complexity index is 959. The summed E-state index contributed by atoms with van der Waals surface area (Å²) < 4.78 is 1.13. The van der Waals surface area contributed by atoms with Crippen LogP contribution in [0.5, 0.6) is 0 Å². The summed E-state index contributed by atoms with van der Waals surface area (Å²) in [7, 11) is 0. The molecule has 3 aromatic rings. The van der Waals surface area contributed by atoms with Gasteiger partial charge in [0, 0.05) is 42.8 Å². The summed E-state index contributed by atoms with van der Waals surface area (Å²) in [6.45, 7) is 6.13. The Morgan fingerprint density at radius 2 is 1.79 bits per heavy atom. The van der Waals surface area contributed by atoms with Crippen molar-refractivity contribution in [3.63, 3.8) is 0 Å². The number of carbonyl (C=O) groups excluding carboxylic acids is 1. The molecule has 28 heavy (non-hydrogen) atoms. The van der Waals surface area contributed by atoms with Gasteiger partial charge in [0.15, 0.2) is 0 Å². The average Bonchev–Trinajstić information content (AvgIpc) is 3.20. The lowest BCUT2D eigenvalue weighted by molar-refractivity contribution is 0.0622. The molecule has 2 aromatic carbocycles. The van der Waals surface area contributed by atoms with Gasteiger partial charge < -0.3 is 4.90 Å². The molecule has 0 unspecified atom stereocenters. The van der Waals surface area contributed by atoms with Gasteiger partial charge in [-0.05, 0) is 24.6 Å². The predicted molar refractivity (Wildman–Crippen MR) is 114 cm³/mol. The van der Waals surface area contributed by atoms with Gasteiger partial charge in [0.1, 0.15) is 5.69 Å². The molecule has 1 N–H and O–H groups in total. The van der Waals surface area contributed by atoms with Crippen LogP contribution in [-0.4, -0.2) is 52.1 Å². The van der Waals surface area contributed by atoms with Crippen molar-refractivity contribution in [2.45, 2.75) is 13.5 Å². The zero-order valence-corrected chi connectivity index (χ0v) is 17.4. The molecule has 1 aliphatic rings. The third kappa shape index (κ3) is 4.18. The van der Waals surface area contributed by atoms with Gasteiger partial charge in [0.25, 0.3) is 5.91 Å². The number of carbonyl (C=O) groups is 1. The monoisotopic (exact) mass is 438 g/mol. The molecule has 4 rings (SSSR count). The Labute approximate surface area is 173 Å². The third-order valence-electron chi connectivity index (χ3n) is 5.17. The first kappa shape index (κ1) is 18.9. The Hall–Kier alpha value is -2.44. The minimum Gasteiger partial charge on any atom is -0.335 e. The van der Waals surface area contributed by atoms with E-state index in [-0.39, 0.29) is 5.91 Å². The molecule has 0 bridgehead atoms. The third-order valence-corrected chi connectivity index (χ3v) is 5.94. The summed E-state index contributed by atoms with van der Waals surface area (Å²) >= 11 is 3.61. The molecule has 5 nitrogen and oxygen atoms in total. The molecule has 1 saturated heterocycles. The van der Waals surface area contributed by atoms with E-state index in [2.05, 4.69) is 68.3 Å². The lowest BCUT2D eigenvalue weighted by atomic mass is 10.1.